The van der Waals surface area contributed by atoms with E-state index in [0.717, 1.165) is 57.6 Å². The zero-order valence-corrected chi connectivity index (χ0v) is 19.2. The fourth-order valence-corrected chi connectivity index (χ4v) is 4.90. The van der Waals surface area contributed by atoms with E-state index in [2.05, 4.69) is 25.7 Å². The molecule has 4 heterocycles. The van der Waals surface area contributed by atoms with Crippen molar-refractivity contribution < 1.29 is 4.74 Å². The summed E-state index contributed by atoms with van der Waals surface area (Å²) in [6.45, 7) is 4.29. The molecule has 0 aliphatic carbocycles. The average Bonchev–Trinajstić information content (AvgIpc) is 3.61. The van der Waals surface area contributed by atoms with Crippen molar-refractivity contribution in [1.82, 2.24) is 24.2 Å². The lowest BCUT2D eigenvalue weighted by Crippen LogP contribution is -2.24. The summed E-state index contributed by atoms with van der Waals surface area (Å²) in [5.74, 6) is 0.809. The Kier molecular flexibility index (Phi) is 5.19. The van der Waals surface area contributed by atoms with Crippen LogP contribution in [0.3, 0.4) is 0 Å². The first-order chi connectivity index (χ1) is 16.7. The minimum atomic E-state index is -0.0745. The summed E-state index contributed by atoms with van der Waals surface area (Å²) in [5, 5.41) is 6.68. The first-order valence-corrected chi connectivity index (χ1v) is 11.8. The maximum atomic E-state index is 13.0. The molecule has 172 valence electrons. The van der Waals surface area contributed by atoms with Gasteiger partial charge in [0.05, 0.1) is 25.4 Å². The summed E-state index contributed by atoms with van der Waals surface area (Å²) in [6.07, 6.45) is 6.32. The molecule has 5 aromatic rings. The van der Waals surface area contributed by atoms with Gasteiger partial charge in [-0.2, -0.15) is 5.10 Å². The van der Waals surface area contributed by atoms with Gasteiger partial charge in [0.25, 0.3) is 5.56 Å². The number of hydrogen-bond acceptors (Lipinski definition) is 4. The summed E-state index contributed by atoms with van der Waals surface area (Å²) >= 11 is 0. The molecule has 1 aliphatic heterocycles. The Morgan fingerprint density at radius 2 is 1.85 bits per heavy atom. The molecule has 6 rings (SSSR count). The highest BCUT2D eigenvalue weighted by Crippen LogP contribution is 2.27. The van der Waals surface area contributed by atoms with E-state index in [4.69, 9.17) is 4.74 Å². The number of rotatable bonds is 6. The molecule has 0 radical (unpaired) electrons. The highest BCUT2D eigenvalue weighted by Gasteiger charge is 2.13. The zero-order chi connectivity index (χ0) is 23.1. The van der Waals surface area contributed by atoms with Crippen LogP contribution in [0.2, 0.25) is 0 Å². The Balaban J connectivity index is 1.27. The lowest BCUT2D eigenvalue weighted by molar-refractivity contribution is 0.318. The first-order valence-electron chi connectivity index (χ1n) is 11.8. The van der Waals surface area contributed by atoms with Crippen LogP contribution in [0.1, 0.15) is 12.8 Å². The van der Waals surface area contributed by atoms with Crippen molar-refractivity contribution in [3.8, 4) is 22.7 Å². The number of benzene rings is 2. The van der Waals surface area contributed by atoms with Gasteiger partial charge in [-0.15, -0.1) is 0 Å². The molecule has 7 nitrogen and oxygen atoms in total. The van der Waals surface area contributed by atoms with Crippen LogP contribution >= 0.6 is 0 Å². The molecule has 0 bridgehead atoms. The van der Waals surface area contributed by atoms with Crippen LogP contribution < -0.4 is 10.3 Å². The number of nitrogens with zero attached hydrogens (tertiary/aromatic N) is 4. The number of aromatic nitrogens is 4. The SMILES string of the molecule is COc1ccc2[nH]c(-c3ccn(-c4ccc5c(cnn5CCN5CCCC5)c4)c(=O)c3)cc2c1. The third-order valence-electron chi connectivity index (χ3n) is 6.79. The number of fused-ring (bicyclic) bond motifs is 2. The van der Waals surface area contributed by atoms with Crippen LogP contribution in [0.15, 0.2) is 71.8 Å². The van der Waals surface area contributed by atoms with E-state index < -0.39 is 0 Å². The number of hydrogen-bond donors (Lipinski definition) is 1. The molecule has 0 amide bonds. The fraction of sp³-hybridized carbons (Fsp3) is 0.259. The molecule has 0 unspecified atom stereocenters. The van der Waals surface area contributed by atoms with E-state index >= 15 is 0 Å². The second kappa shape index (κ2) is 8.50. The molecule has 0 atom stereocenters. The lowest BCUT2D eigenvalue weighted by Gasteiger charge is -2.14. The number of ether oxygens (including phenoxy) is 1. The van der Waals surface area contributed by atoms with Gasteiger partial charge in [-0.1, -0.05) is 0 Å². The number of methoxy groups -OCH3 is 1. The minimum Gasteiger partial charge on any atom is -0.497 e. The van der Waals surface area contributed by atoms with Gasteiger partial charge in [-0.25, -0.2) is 0 Å². The Hall–Kier alpha value is -3.84. The van der Waals surface area contributed by atoms with Crippen molar-refractivity contribution in [3.63, 3.8) is 0 Å². The van der Waals surface area contributed by atoms with Gasteiger partial charge < -0.3 is 14.6 Å². The highest BCUT2D eigenvalue weighted by molar-refractivity contribution is 5.87. The molecule has 0 spiro atoms. The predicted molar refractivity (Wildman–Crippen MR) is 135 cm³/mol. The van der Waals surface area contributed by atoms with Crippen LogP contribution in [-0.4, -0.2) is 51.0 Å². The van der Waals surface area contributed by atoms with Crippen LogP contribution in [-0.2, 0) is 6.54 Å². The van der Waals surface area contributed by atoms with Gasteiger partial charge in [0.2, 0.25) is 0 Å². The lowest BCUT2D eigenvalue weighted by atomic mass is 10.1. The predicted octanol–water partition coefficient (Wildman–Crippen LogP) is 4.44. The van der Waals surface area contributed by atoms with E-state index in [9.17, 15) is 4.79 Å². The van der Waals surface area contributed by atoms with Crippen molar-refractivity contribution in [1.29, 1.82) is 0 Å². The fourth-order valence-electron chi connectivity index (χ4n) is 4.90. The van der Waals surface area contributed by atoms with Crippen LogP contribution in [0.4, 0.5) is 0 Å². The normalized spacial score (nSPS) is 14.4. The number of pyridine rings is 1. The first kappa shape index (κ1) is 20.7. The Bertz CT molecular complexity index is 1540. The molecular weight excluding hydrogens is 426 g/mol. The van der Waals surface area contributed by atoms with Crippen molar-refractivity contribution in [3.05, 3.63) is 77.3 Å². The number of nitrogens with one attached hydrogen (secondary N) is 1. The van der Waals surface area contributed by atoms with Crippen molar-refractivity contribution in [2.75, 3.05) is 26.7 Å². The highest BCUT2D eigenvalue weighted by atomic mass is 16.5. The Morgan fingerprint density at radius 3 is 2.68 bits per heavy atom. The molecule has 0 saturated carbocycles. The average molecular weight is 454 g/mol. The maximum Gasteiger partial charge on any atom is 0.255 e. The second-order valence-corrected chi connectivity index (χ2v) is 8.92. The van der Waals surface area contributed by atoms with Gasteiger partial charge in [-0.05, 0) is 74.5 Å². The minimum absolute atomic E-state index is 0.0745. The zero-order valence-electron chi connectivity index (χ0n) is 19.2. The maximum absolute atomic E-state index is 13.0. The summed E-state index contributed by atoms with van der Waals surface area (Å²) in [6, 6.07) is 17.7. The van der Waals surface area contributed by atoms with Crippen molar-refractivity contribution in [2.24, 2.45) is 0 Å². The van der Waals surface area contributed by atoms with E-state index in [1.807, 2.05) is 54.9 Å². The molecule has 2 aromatic carbocycles. The Labute approximate surface area is 197 Å². The van der Waals surface area contributed by atoms with E-state index in [1.165, 1.54) is 25.9 Å². The summed E-state index contributed by atoms with van der Waals surface area (Å²) in [4.78, 5) is 18.9. The van der Waals surface area contributed by atoms with E-state index in [-0.39, 0.29) is 5.56 Å². The smallest absolute Gasteiger partial charge is 0.255 e. The summed E-state index contributed by atoms with van der Waals surface area (Å²) in [7, 11) is 1.66. The number of aromatic amines is 1. The van der Waals surface area contributed by atoms with Gasteiger partial charge in [0.1, 0.15) is 5.75 Å². The van der Waals surface area contributed by atoms with Crippen molar-refractivity contribution in [2.45, 2.75) is 19.4 Å². The number of likely N-dealkylation sites (tertiary alicyclic amines) is 1. The van der Waals surface area contributed by atoms with Crippen LogP contribution in [0.25, 0.3) is 38.8 Å². The van der Waals surface area contributed by atoms with Gasteiger partial charge >= 0.3 is 0 Å². The molecule has 1 saturated heterocycles. The van der Waals surface area contributed by atoms with Gasteiger partial charge in [0.15, 0.2) is 0 Å². The van der Waals surface area contributed by atoms with Crippen molar-refractivity contribution >= 4 is 21.8 Å². The van der Waals surface area contributed by atoms with Crippen LogP contribution in [0.5, 0.6) is 5.75 Å². The van der Waals surface area contributed by atoms with Crippen LogP contribution in [0, 0.1) is 0 Å². The molecule has 1 N–H and O–H groups in total. The van der Waals surface area contributed by atoms with Gasteiger partial charge in [0, 0.05) is 52.0 Å². The third kappa shape index (κ3) is 3.78. The molecule has 1 fully saturated rings. The molecular formula is C27H27N5O2. The van der Waals surface area contributed by atoms with E-state index in [0.29, 0.717) is 0 Å². The van der Waals surface area contributed by atoms with Gasteiger partial charge in [-0.3, -0.25) is 14.0 Å². The monoisotopic (exact) mass is 453 g/mol. The number of H-pyrrole nitrogens is 1. The summed E-state index contributed by atoms with van der Waals surface area (Å²) < 4.78 is 9.06. The summed E-state index contributed by atoms with van der Waals surface area (Å²) in [5.41, 5.74) is 4.63. The largest absolute Gasteiger partial charge is 0.497 e. The molecule has 34 heavy (non-hydrogen) atoms. The third-order valence-corrected chi connectivity index (χ3v) is 6.79. The topological polar surface area (TPSA) is 68.1 Å². The second-order valence-electron chi connectivity index (χ2n) is 8.92. The Morgan fingerprint density at radius 1 is 0.971 bits per heavy atom. The molecule has 1 aliphatic rings. The standard InChI is InChI=1S/C27H27N5O2/c1-34-23-5-6-24-20(15-23)16-25(29-24)19-8-11-31(27(33)17-19)22-4-7-26-21(14-22)18-28-32(26)13-12-30-9-2-3-10-30/h4-8,11,14-18,29H,2-3,9-10,12-13H2,1H3. The quantitative estimate of drug-likeness (QED) is 0.413. The van der Waals surface area contributed by atoms with E-state index in [1.54, 1.807) is 17.7 Å². The molecule has 7 heteroatoms. The molecule has 3 aromatic heterocycles.